The molecule has 5 N–H and O–H groups in total. The fraction of sp³-hybridized carbons (Fsp3) is 0.316. The van der Waals surface area contributed by atoms with Crippen LogP contribution in [0.1, 0.15) is 35.7 Å². The van der Waals surface area contributed by atoms with Gasteiger partial charge in [-0.3, -0.25) is 5.10 Å². The van der Waals surface area contributed by atoms with Crippen LogP contribution in [0.4, 0.5) is 23.3 Å². The summed E-state index contributed by atoms with van der Waals surface area (Å²) in [5.74, 6) is 2.75. The minimum atomic E-state index is 0.556. The van der Waals surface area contributed by atoms with Gasteiger partial charge in [0, 0.05) is 29.4 Å². The van der Waals surface area contributed by atoms with Crippen LogP contribution in [0, 0.1) is 6.92 Å². The molecule has 26 heavy (non-hydrogen) atoms. The first kappa shape index (κ1) is 16.5. The van der Waals surface area contributed by atoms with Crippen molar-refractivity contribution in [2.75, 3.05) is 17.2 Å². The molecule has 0 atom stereocenters. The summed E-state index contributed by atoms with van der Waals surface area (Å²) >= 11 is 0. The van der Waals surface area contributed by atoms with Gasteiger partial charge in [-0.05, 0) is 50.4 Å². The Morgan fingerprint density at radius 1 is 1.12 bits per heavy atom. The molecule has 0 bridgehead atoms. The van der Waals surface area contributed by atoms with E-state index in [9.17, 15) is 0 Å². The highest BCUT2D eigenvalue weighted by atomic mass is 15.2. The Morgan fingerprint density at radius 2 is 1.92 bits per heavy atom. The third kappa shape index (κ3) is 4.00. The van der Waals surface area contributed by atoms with Crippen LogP contribution in [0.25, 0.3) is 0 Å². The van der Waals surface area contributed by atoms with Gasteiger partial charge in [-0.15, -0.1) is 0 Å². The molecule has 2 aromatic heterocycles. The second-order valence-electron chi connectivity index (χ2n) is 6.68. The normalized spacial score (nSPS) is 13.6. The van der Waals surface area contributed by atoms with Crippen LogP contribution < -0.4 is 16.4 Å². The minimum absolute atomic E-state index is 0.556. The lowest BCUT2D eigenvalue weighted by Crippen LogP contribution is -2.04. The highest BCUT2D eigenvalue weighted by Gasteiger charge is 2.26. The van der Waals surface area contributed by atoms with Crippen molar-refractivity contribution in [3.8, 4) is 0 Å². The van der Waals surface area contributed by atoms with Crippen molar-refractivity contribution in [1.82, 2.24) is 20.2 Å². The Bertz CT molecular complexity index is 881. The second kappa shape index (κ2) is 7.13. The maximum Gasteiger partial charge on any atom is 0.229 e. The van der Waals surface area contributed by atoms with Gasteiger partial charge in [0.25, 0.3) is 0 Å². The van der Waals surface area contributed by atoms with Crippen molar-refractivity contribution in [2.24, 2.45) is 5.73 Å². The molecule has 1 aliphatic carbocycles. The molecule has 0 amide bonds. The fourth-order valence-electron chi connectivity index (χ4n) is 2.87. The number of aromatic nitrogens is 4. The lowest BCUT2D eigenvalue weighted by molar-refractivity contribution is 0.966. The largest absolute Gasteiger partial charge is 0.330 e. The third-order valence-electron chi connectivity index (χ3n) is 4.35. The number of anilines is 4. The number of rotatable bonds is 7. The van der Waals surface area contributed by atoms with Gasteiger partial charge in [-0.1, -0.05) is 12.1 Å². The second-order valence-corrected chi connectivity index (χ2v) is 6.68. The van der Waals surface area contributed by atoms with Crippen molar-refractivity contribution in [2.45, 2.75) is 32.1 Å². The van der Waals surface area contributed by atoms with Crippen LogP contribution in [0.2, 0.25) is 0 Å². The lowest BCUT2D eigenvalue weighted by Gasteiger charge is -2.09. The van der Waals surface area contributed by atoms with Crippen LogP contribution in [-0.4, -0.2) is 26.7 Å². The number of nitrogens with two attached hydrogens (primary N) is 1. The average Bonchev–Trinajstić information content (AvgIpc) is 3.36. The highest BCUT2D eigenvalue weighted by molar-refractivity contribution is 5.58. The first-order chi connectivity index (χ1) is 12.7. The molecular weight excluding hydrogens is 326 g/mol. The summed E-state index contributed by atoms with van der Waals surface area (Å²) in [4.78, 5) is 9.02. The van der Waals surface area contributed by atoms with E-state index in [0.717, 1.165) is 35.1 Å². The van der Waals surface area contributed by atoms with Crippen LogP contribution in [-0.2, 0) is 6.42 Å². The molecule has 2 heterocycles. The molecule has 0 aliphatic heterocycles. The Hall–Kier alpha value is -2.93. The van der Waals surface area contributed by atoms with Gasteiger partial charge in [0.15, 0.2) is 0 Å². The predicted molar refractivity (Wildman–Crippen MR) is 103 cm³/mol. The number of hydrogen-bond donors (Lipinski definition) is 4. The number of benzene rings is 1. The summed E-state index contributed by atoms with van der Waals surface area (Å²) in [5.41, 5.74) is 9.75. The van der Waals surface area contributed by atoms with Gasteiger partial charge in [0.2, 0.25) is 5.95 Å². The Labute approximate surface area is 152 Å². The van der Waals surface area contributed by atoms with Crippen LogP contribution in [0.15, 0.2) is 36.4 Å². The molecule has 0 radical (unpaired) electrons. The fourth-order valence-corrected chi connectivity index (χ4v) is 2.87. The van der Waals surface area contributed by atoms with E-state index in [-0.39, 0.29) is 0 Å². The van der Waals surface area contributed by atoms with Gasteiger partial charge >= 0.3 is 0 Å². The summed E-state index contributed by atoms with van der Waals surface area (Å²) in [5, 5.41) is 13.9. The minimum Gasteiger partial charge on any atom is -0.330 e. The Morgan fingerprint density at radius 3 is 2.65 bits per heavy atom. The van der Waals surface area contributed by atoms with Crippen molar-refractivity contribution in [1.29, 1.82) is 0 Å². The summed E-state index contributed by atoms with van der Waals surface area (Å²) < 4.78 is 0. The molecule has 1 saturated carbocycles. The topological polar surface area (TPSA) is 105 Å². The molecule has 134 valence electrons. The predicted octanol–water partition coefficient (Wildman–Crippen LogP) is 3.37. The van der Waals surface area contributed by atoms with Crippen molar-refractivity contribution < 1.29 is 0 Å². The van der Waals surface area contributed by atoms with Crippen LogP contribution in [0.5, 0.6) is 0 Å². The molecule has 1 aromatic carbocycles. The summed E-state index contributed by atoms with van der Waals surface area (Å²) in [6.45, 7) is 2.60. The molecule has 7 heteroatoms. The molecule has 1 fully saturated rings. The van der Waals surface area contributed by atoms with Crippen molar-refractivity contribution in [3.63, 3.8) is 0 Å². The summed E-state index contributed by atoms with van der Waals surface area (Å²) in [6, 6.07) is 12.1. The molecule has 0 saturated heterocycles. The maximum atomic E-state index is 5.59. The van der Waals surface area contributed by atoms with Crippen LogP contribution in [0.3, 0.4) is 0 Å². The molecule has 0 spiro atoms. The number of aryl methyl sites for hydroxylation is 1. The number of H-pyrrole nitrogens is 1. The van der Waals surface area contributed by atoms with E-state index < -0.39 is 0 Å². The van der Waals surface area contributed by atoms with E-state index >= 15 is 0 Å². The average molecular weight is 349 g/mol. The molecule has 1 aliphatic rings. The monoisotopic (exact) mass is 349 g/mol. The SMILES string of the molecule is Cc1cc(Nc2cc(C3CC3)n[nH]2)nc(Nc2ccc(CCN)cc2)n1. The van der Waals surface area contributed by atoms with Gasteiger partial charge in [-0.25, -0.2) is 4.98 Å². The summed E-state index contributed by atoms with van der Waals surface area (Å²) in [6.07, 6.45) is 3.34. The maximum absolute atomic E-state index is 5.59. The zero-order valence-electron chi connectivity index (χ0n) is 14.8. The highest BCUT2D eigenvalue weighted by Crippen LogP contribution is 2.39. The van der Waals surface area contributed by atoms with E-state index in [1.54, 1.807) is 0 Å². The van der Waals surface area contributed by atoms with E-state index in [0.29, 0.717) is 18.4 Å². The first-order valence-corrected chi connectivity index (χ1v) is 8.93. The van der Waals surface area contributed by atoms with Gasteiger partial charge in [-0.2, -0.15) is 10.1 Å². The van der Waals surface area contributed by atoms with E-state index in [1.165, 1.54) is 18.4 Å². The zero-order chi connectivity index (χ0) is 17.9. The number of hydrogen-bond acceptors (Lipinski definition) is 6. The van der Waals surface area contributed by atoms with Crippen LogP contribution >= 0.6 is 0 Å². The first-order valence-electron chi connectivity index (χ1n) is 8.93. The molecule has 0 unspecified atom stereocenters. The third-order valence-corrected chi connectivity index (χ3v) is 4.35. The van der Waals surface area contributed by atoms with Crippen molar-refractivity contribution in [3.05, 3.63) is 53.3 Å². The zero-order valence-corrected chi connectivity index (χ0v) is 14.8. The quantitative estimate of drug-likeness (QED) is 0.521. The van der Waals surface area contributed by atoms with Crippen molar-refractivity contribution >= 4 is 23.3 Å². The van der Waals surface area contributed by atoms with Gasteiger partial charge < -0.3 is 16.4 Å². The molecule has 4 rings (SSSR count). The number of nitrogens with zero attached hydrogens (tertiary/aromatic N) is 3. The van der Waals surface area contributed by atoms with Gasteiger partial charge in [0.1, 0.15) is 11.6 Å². The lowest BCUT2D eigenvalue weighted by atomic mass is 10.1. The van der Waals surface area contributed by atoms with E-state index in [1.807, 2.05) is 25.1 Å². The number of aromatic amines is 1. The number of nitrogens with one attached hydrogen (secondary N) is 3. The molecule has 7 nitrogen and oxygen atoms in total. The Balaban J connectivity index is 1.47. The standard InChI is InChI=1S/C19H23N7/c1-12-10-17(23-18-11-16(25-26-18)14-4-5-14)24-19(21-12)22-15-6-2-13(3-7-15)8-9-20/h2-3,6-7,10-11,14H,4-5,8-9,20H2,1H3,(H3,21,22,23,24,25,26). The van der Waals surface area contributed by atoms with Gasteiger partial charge in [0.05, 0.1) is 5.69 Å². The van der Waals surface area contributed by atoms with E-state index in [2.05, 4.69) is 49.0 Å². The Kier molecular flexibility index (Phi) is 4.53. The van der Waals surface area contributed by atoms with E-state index in [4.69, 9.17) is 5.73 Å². The molecule has 3 aromatic rings. The summed E-state index contributed by atoms with van der Waals surface area (Å²) in [7, 11) is 0. The smallest absolute Gasteiger partial charge is 0.229 e. The molecular formula is C19H23N7.